The molecule has 2 rings (SSSR count). The number of Topliss-reactive ketones (excluding diaryl/α,β-unsaturated/α-hetero) is 1. The van der Waals surface area contributed by atoms with E-state index in [0.29, 0.717) is 58.4 Å². The smallest absolute Gasteiger partial charge is 0.326 e. The first-order valence-corrected chi connectivity index (χ1v) is 23.7. The van der Waals surface area contributed by atoms with E-state index in [9.17, 15) is 58.8 Å². The van der Waals surface area contributed by atoms with Gasteiger partial charge in [-0.25, -0.2) is 9.59 Å². The average Bonchev–Trinajstić information content (AvgIpc) is 3.26. The third-order valence-electron chi connectivity index (χ3n) is 11.8. The molecule has 20 nitrogen and oxygen atoms in total. The van der Waals surface area contributed by atoms with Crippen LogP contribution in [0.4, 0.5) is 4.79 Å². The van der Waals surface area contributed by atoms with Gasteiger partial charge in [0.05, 0.1) is 13.1 Å². The number of nitrogens with one attached hydrogen (secondary N) is 3. The molecule has 376 valence electrons. The lowest BCUT2D eigenvalue weighted by Crippen LogP contribution is -2.52. The van der Waals surface area contributed by atoms with Crippen molar-refractivity contribution in [1.82, 2.24) is 35.6 Å². The summed E-state index contributed by atoms with van der Waals surface area (Å²) in [4.78, 5) is 105. The van der Waals surface area contributed by atoms with Crippen molar-refractivity contribution in [2.45, 2.75) is 109 Å². The number of hydrogen-bond donors (Lipinski definition) is 8. The SMILES string of the molecule is CCN1CCN(CC(=O)O)CCN(CC(=O)O)C(Cc2ccc(CC(=S)CCCCCNC(=O)[C@H](CCC(=O)O)CC(=O)CC[C@H](NC(=O)NCCCC(=O)O)C(=O)O)cc2)CN(CC)CC1. The molecular formula is C46H73N7O13S. The third-order valence-corrected chi connectivity index (χ3v) is 12.1. The third kappa shape index (κ3) is 26.1. The molecular weight excluding hydrogens is 891 g/mol. The molecule has 21 heteroatoms. The number of amides is 3. The van der Waals surface area contributed by atoms with E-state index in [1.807, 2.05) is 21.9 Å². The number of thiocarbonyl (C=S) groups is 1. The minimum Gasteiger partial charge on any atom is -0.481 e. The van der Waals surface area contributed by atoms with Crippen LogP contribution in [0.3, 0.4) is 0 Å². The van der Waals surface area contributed by atoms with Gasteiger partial charge in [-0.3, -0.25) is 38.6 Å². The van der Waals surface area contributed by atoms with Crippen LogP contribution >= 0.6 is 12.2 Å². The van der Waals surface area contributed by atoms with Gasteiger partial charge in [0.25, 0.3) is 0 Å². The highest BCUT2D eigenvalue weighted by Crippen LogP contribution is 2.18. The fourth-order valence-electron chi connectivity index (χ4n) is 7.85. The Balaban J connectivity index is 1.89. The summed E-state index contributed by atoms with van der Waals surface area (Å²) in [5, 5.41) is 54.3. The number of likely N-dealkylation sites (N-methyl/N-ethyl adjacent to an activating group) is 2. The number of urea groups is 1. The quantitative estimate of drug-likeness (QED) is 0.0392. The second-order valence-electron chi connectivity index (χ2n) is 17.1. The van der Waals surface area contributed by atoms with Crippen LogP contribution in [-0.2, 0) is 46.4 Å². The Kier molecular flexibility index (Phi) is 28.2. The first-order valence-electron chi connectivity index (χ1n) is 23.3. The first kappa shape index (κ1) is 58.0. The highest BCUT2D eigenvalue weighted by molar-refractivity contribution is 7.80. The number of unbranched alkanes of at least 4 members (excludes halogenated alkanes) is 2. The lowest BCUT2D eigenvalue weighted by atomic mass is 9.93. The molecule has 1 fully saturated rings. The molecule has 0 aromatic heterocycles. The molecule has 1 aromatic carbocycles. The molecule has 8 N–H and O–H groups in total. The molecule has 67 heavy (non-hydrogen) atoms. The Morgan fingerprint density at radius 2 is 1.24 bits per heavy atom. The molecule has 3 amide bonds. The van der Waals surface area contributed by atoms with Crippen molar-refractivity contribution in [3.63, 3.8) is 0 Å². The number of rotatable bonds is 31. The summed E-state index contributed by atoms with van der Waals surface area (Å²) in [6.45, 7) is 10.4. The van der Waals surface area contributed by atoms with Gasteiger partial charge in [0.1, 0.15) is 11.8 Å². The van der Waals surface area contributed by atoms with Gasteiger partial charge in [0.2, 0.25) is 5.91 Å². The highest BCUT2D eigenvalue weighted by Gasteiger charge is 2.27. The van der Waals surface area contributed by atoms with Gasteiger partial charge < -0.3 is 51.3 Å². The minimum absolute atomic E-state index is 0.00839. The van der Waals surface area contributed by atoms with Crippen molar-refractivity contribution >= 4 is 64.7 Å². The summed E-state index contributed by atoms with van der Waals surface area (Å²) in [6.07, 6.45) is 2.76. The van der Waals surface area contributed by atoms with Gasteiger partial charge >= 0.3 is 35.9 Å². The maximum absolute atomic E-state index is 13.0. The van der Waals surface area contributed by atoms with Gasteiger partial charge in [0, 0.05) is 103 Å². The van der Waals surface area contributed by atoms with E-state index in [1.54, 1.807) is 0 Å². The number of aliphatic carboxylic acids is 5. The monoisotopic (exact) mass is 963 g/mol. The van der Waals surface area contributed by atoms with Crippen LogP contribution in [0.1, 0.15) is 95.6 Å². The predicted octanol–water partition coefficient (Wildman–Crippen LogP) is 2.45. The van der Waals surface area contributed by atoms with Crippen LogP contribution in [-0.4, -0.2) is 195 Å². The summed E-state index contributed by atoms with van der Waals surface area (Å²) in [5.41, 5.74) is 2.11. The fraction of sp³-hybridized carbons (Fsp3) is 0.674. The van der Waals surface area contributed by atoms with Gasteiger partial charge in [-0.05, 0) is 74.0 Å². The topological polar surface area (TPSA) is 287 Å². The number of carbonyl (C=O) groups is 8. The van der Waals surface area contributed by atoms with Crippen molar-refractivity contribution in [1.29, 1.82) is 0 Å². The predicted molar refractivity (Wildman–Crippen MR) is 253 cm³/mol. The summed E-state index contributed by atoms with van der Waals surface area (Å²) in [7, 11) is 0. The zero-order chi connectivity index (χ0) is 49.7. The van der Waals surface area contributed by atoms with E-state index in [2.05, 4.69) is 51.7 Å². The molecule has 1 saturated heterocycles. The molecule has 1 aromatic rings. The van der Waals surface area contributed by atoms with Gasteiger partial charge in [-0.15, -0.1) is 0 Å². The van der Waals surface area contributed by atoms with Crippen LogP contribution in [0.2, 0.25) is 0 Å². The Bertz CT molecular complexity index is 1770. The number of ketones is 1. The molecule has 0 saturated carbocycles. The molecule has 1 aliphatic rings. The Morgan fingerprint density at radius 1 is 0.642 bits per heavy atom. The molecule has 0 spiro atoms. The van der Waals surface area contributed by atoms with Gasteiger partial charge in [0.15, 0.2) is 0 Å². The van der Waals surface area contributed by atoms with E-state index in [4.69, 9.17) is 17.3 Å². The fourth-order valence-corrected chi connectivity index (χ4v) is 8.16. The molecule has 0 radical (unpaired) electrons. The number of carboxylic acids is 5. The summed E-state index contributed by atoms with van der Waals surface area (Å²) < 4.78 is 0. The maximum Gasteiger partial charge on any atom is 0.326 e. The number of carbonyl (C=O) groups excluding carboxylic acids is 3. The summed E-state index contributed by atoms with van der Waals surface area (Å²) >= 11 is 5.72. The number of carboxylic acid groups (broad SMARTS) is 5. The second-order valence-corrected chi connectivity index (χ2v) is 17.6. The van der Waals surface area contributed by atoms with Crippen LogP contribution in [0, 0.1) is 5.92 Å². The van der Waals surface area contributed by atoms with Crippen LogP contribution in [0.25, 0.3) is 0 Å². The van der Waals surface area contributed by atoms with E-state index in [0.717, 1.165) is 61.6 Å². The Hall–Kier alpha value is -5.09. The minimum atomic E-state index is -1.41. The largest absolute Gasteiger partial charge is 0.481 e. The number of benzene rings is 1. The second kappa shape index (κ2) is 32.6. The lowest BCUT2D eigenvalue weighted by Gasteiger charge is -2.38. The van der Waals surface area contributed by atoms with E-state index < -0.39 is 59.5 Å². The Morgan fingerprint density at radius 3 is 1.85 bits per heavy atom. The highest BCUT2D eigenvalue weighted by atomic mass is 32.1. The van der Waals surface area contributed by atoms with E-state index in [-0.39, 0.29) is 70.6 Å². The van der Waals surface area contributed by atoms with Gasteiger partial charge in [-0.1, -0.05) is 56.8 Å². The van der Waals surface area contributed by atoms with Crippen molar-refractivity contribution in [3.05, 3.63) is 35.4 Å². The maximum atomic E-state index is 13.0. The standard InChI is InChI=1S/C46H73N7O13S/c1-3-50-21-23-51(4-2)30-36(53(32-43(61)62)26-25-52(24-22-50)31-42(59)60)27-33-11-13-34(14-12-33)28-38(67)9-6-5-7-19-47-44(63)35(15-18-41(57)58)29-37(54)16-17-39(45(64)65)49-46(66)48-20-8-10-40(55)56/h11-14,35-36,39H,3-10,15-32H2,1-2H3,(H,47,63)(H,55,56)(H,57,58)(H,59,60)(H,61,62)(H,64,65)(H2,48,49,66)/t35-,36?,39+/m1/s1. The molecule has 3 atom stereocenters. The number of hydrogen-bond acceptors (Lipinski definition) is 13. The van der Waals surface area contributed by atoms with Crippen molar-refractivity contribution in [3.8, 4) is 0 Å². The molecule has 0 aliphatic carbocycles. The van der Waals surface area contributed by atoms with Crippen molar-refractivity contribution < 1.29 is 63.9 Å². The normalized spacial score (nSPS) is 16.7. The molecule has 0 bridgehead atoms. The molecule has 1 unspecified atom stereocenters. The summed E-state index contributed by atoms with van der Waals surface area (Å²) in [6, 6.07) is 5.83. The van der Waals surface area contributed by atoms with Crippen molar-refractivity contribution in [2.75, 3.05) is 85.1 Å². The van der Waals surface area contributed by atoms with Gasteiger partial charge in [-0.2, -0.15) is 0 Å². The molecule has 1 aliphatic heterocycles. The van der Waals surface area contributed by atoms with Crippen LogP contribution in [0.5, 0.6) is 0 Å². The van der Waals surface area contributed by atoms with E-state index in [1.165, 1.54) is 0 Å². The first-order chi connectivity index (χ1) is 31.9. The van der Waals surface area contributed by atoms with Crippen LogP contribution in [0.15, 0.2) is 24.3 Å². The van der Waals surface area contributed by atoms with E-state index >= 15 is 0 Å². The van der Waals surface area contributed by atoms with Crippen molar-refractivity contribution in [2.24, 2.45) is 5.92 Å². The molecule has 1 heterocycles. The Labute approximate surface area is 398 Å². The lowest BCUT2D eigenvalue weighted by molar-refractivity contribution is -0.140. The summed E-state index contributed by atoms with van der Waals surface area (Å²) in [5.74, 6) is -7.27. The zero-order valence-corrected chi connectivity index (χ0v) is 39.9. The van der Waals surface area contributed by atoms with Crippen LogP contribution < -0.4 is 16.0 Å². The zero-order valence-electron chi connectivity index (χ0n) is 39.1. The average molecular weight is 964 g/mol. The number of nitrogens with zero attached hydrogens (tertiary/aromatic N) is 4.